The number of nitrogens with one attached hydrogen (secondary N) is 1. The summed E-state index contributed by atoms with van der Waals surface area (Å²) >= 11 is 0. The van der Waals surface area contributed by atoms with E-state index >= 15 is 0 Å². The highest BCUT2D eigenvalue weighted by atomic mass is 16.5. The third-order valence-corrected chi connectivity index (χ3v) is 16.1. The van der Waals surface area contributed by atoms with Crippen molar-refractivity contribution >= 4 is 11.9 Å². The van der Waals surface area contributed by atoms with Crippen molar-refractivity contribution in [3.05, 3.63) is 12.2 Å². The summed E-state index contributed by atoms with van der Waals surface area (Å²) in [5.74, 6) is -0.0217. The van der Waals surface area contributed by atoms with Gasteiger partial charge in [-0.05, 0) is 51.4 Å². The quantitative estimate of drug-likeness (QED) is 0.0320. The highest BCUT2D eigenvalue weighted by Gasteiger charge is 2.20. The number of hydrogen-bond donors (Lipinski definition) is 3. The molecule has 1 amide bonds. The molecular formula is C68H133NO5. The molecule has 3 N–H and O–H groups in total. The standard InChI is InChI=1S/C68H133NO5/c1-3-5-7-9-11-13-15-17-19-20-27-30-33-36-40-44-48-52-56-60-66(71)65(64-70)69-67(72)61-57-53-49-45-41-37-34-31-28-25-23-21-22-24-26-29-32-35-39-43-47-51-55-59-63-74-68(73)62-58-54-50-46-42-38-18-16-14-12-10-8-6-4-2/h16,18,65-66,70-71H,3-15,17,19-64H2,1-2H3,(H,69,72)/b18-16-. The van der Waals surface area contributed by atoms with Crippen LogP contribution in [0.5, 0.6) is 0 Å². The smallest absolute Gasteiger partial charge is 0.305 e. The number of aliphatic hydroxyl groups excluding tert-OH is 2. The molecule has 0 aromatic heterocycles. The number of carbonyl (C=O) groups excluding carboxylic acids is 2. The molecule has 0 fully saturated rings. The molecule has 0 heterocycles. The zero-order valence-corrected chi connectivity index (χ0v) is 50.4. The molecule has 0 rings (SSSR count). The van der Waals surface area contributed by atoms with Crippen molar-refractivity contribution in [2.45, 2.75) is 398 Å². The van der Waals surface area contributed by atoms with E-state index in [4.69, 9.17) is 4.74 Å². The SMILES string of the molecule is CCCCCCC/C=C\CCCCCCCC(=O)OCCCCCCCCCCCCCCCCCCCCCCCCCCC(=O)NC(CO)C(O)CCCCCCCCCCCCCCCCCCCCC. The summed E-state index contributed by atoms with van der Waals surface area (Å²) in [6.45, 7) is 4.98. The second-order valence-corrected chi connectivity index (χ2v) is 23.5. The molecule has 0 bridgehead atoms. The molecule has 6 nitrogen and oxygen atoms in total. The van der Waals surface area contributed by atoms with E-state index in [-0.39, 0.29) is 18.5 Å². The minimum atomic E-state index is -0.663. The average molecular weight is 1040 g/mol. The van der Waals surface area contributed by atoms with Crippen LogP contribution in [0.15, 0.2) is 12.2 Å². The van der Waals surface area contributed by atoms with Crippen LogP contribution in [0.2, 0.25) is 0 Å². The lowest BCUT2D eigenvalue weighted by Crippen LogP contribution is -2.45. The van der Waals surface area contributed by atoms with Crippen LogP contribution in [0, 0.1) is 0 Å². The van der Waals surface area contributed by atoms with Gasteiger partial charge in [-0.3, -0.25) is 9.59 Å². The molecule has 0 aromatic rings. The summed E-state index contributed by atoms with van der Waals surface area (Å²) in [6, 6.07) is -0.541. The highest BCUT2D eigenvalue weighted by molar-refractivity contribution is 5.76. The van der Waals surface area contributed by atoms with Crippen molar-refractivity contribution in [3.8, 4) is 0 Å². The van der Waals surface area contributed by atoms with Crippen LogP contribution in [0.3, 0.4) is 0 Å². The lowest BCUT2D eigenvalue weighted by atomic mass is 10.0. The summed E-state index contributed by atoms with van der Waals surface area (Å²) < 4.78 is 5.48. The topological polar surface area (TPSA) is 95.9 Å². The van der Waals surface area contributed by atoms with E-state index in [0.29, 0.717) is 25.9 Å². The number of unbranched alkanes of at least 4 members (excludes halogenated alkanes) is 51. The average Bonchev–Trinajstić information content (AvgIpc) is 3.40. The van der Waals surface area contributed by atoms with E-state index in [2.05, 4.69) is 31.3 Å². The largest absolute Gasteiger partial charge is 0.466 e. The number of ether oxygens (including phenoxy) is 1. The highest BCUT2D eigenvalue weighted by Crippen LogP contribution is 2.19. The fourth-order valence-electron chi connectivity index (χ4n) is 10.9. The number of hydrogen-bond acceptors (Lipinski definition) is 5. The van der Waals surface area contributed by atoms with Gasteiger partial charge in [-0.15, -0.1) is 0 Å². The van der Waals surface area contributed by atoms with Crippen molar-refractivity contribution in [1.82, 2.24) is 5.32 Å². The molecular weight excluding hydrogens is 911 g/mol. The van der Waals surface area contributed by atoms with Crippen molar-refractivity contribution in [3.63, 3.8) is 0 Å². The summed E-state index contributed by atoms with van der Waals surface area (Å²) in [4.78, 5) is 24.6. The molecule has 0 aliphatic rings. The summed E-state index contributed by atoms with van der Waals surface area (Å²) in [7, 11) is 0. The van der Waals surface area contributed by atoms with Crippen LogP contribution in [0.25, 0.3) is 0 Å². The van der Waals surface area contributed by atoms with Gasteiger partial charge < -0.3 is 20.3 Å². The Morgan fingerprint density at radius 1 is 0.365 bits per heavy atom. The van der Waals surface area contributed by atoms with E-state index in [0.717, 1.165) is 44.9 Å². The van der Waals surface area contributed by atoms with Crippen LogP contribution in [-0.4, -0.2) is 47.4 Å². The van der Waals surface area contributed by atoms with Crippen LogP contribution >= 0.6 is 0 Å². The van der Waals surface area contributed by atoms with Gasteiger partial charge in [-0.2, -0.15) is 0 Å². The van der Waals surface area contributed by atoms with Gasteiger partial charge in [-0.25, -0.2) is 0 Å². The Bertz CT molecular complexity index is 1110. The van der Waals surface area contributed by atoms with Crippen LogP contribution in [0.4, 0.5) is 0 Å². The number of carbonyl (C=O) groups is 2. The van der Waals surface area contributed by atoms with Gasteiger partial charge >= 0.3 is 5.97 Å². The first-order valence-electron chi connectivity index (χ1n) is 33.9. The van der Waals surface area contributed by atoms with Gasteiger partial charge in [-0.1, -0.05) is 334 Å². The maximum atomic E-state index is 12.5. The Kier molecular flexibility index (Phi) is 62.9. The zero-order chi connectivity index (χ0) is 53.6. The molecule has 0 spiro atoms. The number of esters is 1. The van der Waals surface area contributed by atoms with E-state index < -0.39 is 12.1 Å². The maximum Gasteiger partial charge on any atom is 0.305 e. The molecule has 0 aromatic carbocycles. The van der Waals surface area contributed by atoms with E-state index in [1.165, 1.54) is 308 Å². The summed E-state index contributed by atoms with van der Waals surface area (Å²) in [5, 5.41) is 23.4. The number of rotatable bonds is 64. The number of aliphatic hydroxyl groups is 2. The Balaban J connectivity index is 3.36. The van der Waals surface area contributed by atoms with Gasteiger partial charge in [0.1, 0.15) is 0 Å². The van der Waals surface area contributed by atoms with Crippen molar-refractivity contribution in [2.75, 3.05) is 13.2 Å². The first kappa shape index (κ1) is 72.6. The fourth-order valence-corrected chi connectivity index (χ4v) is 10.9. The maximum absolute atomic E-state index is 12.5. The third-order valence-electron chi connectivity index (χ3n) is 16.1. The van der Waals surface area contributed by atoms with E-state index in [1.807, 2.05) is 0 Å². The monoisotopic (exact) mass is 1040 g/mol. The Labute approximate surface area is 463 Å². The molecule has 0 saturated heterocycles. The first-order valence-corrected chi connectivity index (χ1v) is 33.9. The van der Waals surface area contributed by atoms with E-state index in [9.17, 15) is 19.8 Å². The Morgan fingerprint density at radius 2 is 0.635 bits per heavy atom. The second kappa shape index (κ2) is 64.1. The van der Waals surface area contributed by atoms with Crippen LogP contribution in [-0.2, 0) is 14.3 Å². The third kappa shape index (κ3) is 59.8. The molecule has 6 heteroatoms. The lowest BCUT2D eigenvalue weighted by molar-refractivity contribution is -0.143. The predicted octanol–water partition coefficient (Wildman–Crippen LogP) is 21.6. The Hall–Kier alpha value is -1.40. The molecule has 440 valence electrons. The lowest BCUT2D eigenvalue weighted by Gasteiger charge is -2.22. The van der Waals surface area contributed by atoms with Gasteiger partial charge in [0.2, 0.25) is 5.91 Å². The molecule has 0 aliphatic heterocycles. The first-order chi connectivity index (χ1) is 36.5. The molecule has 2 atom stereocenters. The predicted molar refractivity (Wildman–Crippen MR) is 324 cm³/mol. The van der Waals surface area contributed by atoms with Gasteiger partial charge in [0.05, 0.1) is 25.4 Å². The summed E-state index contributed by atoms with van der Waals surface area (Å²) in [6.07, 6.45) is 78.1. The molecule has 0 radical (unpaired) electrons. The minimum absolute atomic E-state index is 0.00790. The van der Waals surface area contributed by atoms with Crippen LogP contribution < -0.4 is 5.32 Å². The normalized spacial score (nSPS) is 12.5. The molecule has 0 saturated carbocycles. The summed E-state index contributed by atoms with van der Waals surface area (Å²) in [5.41, 5.74) is 0. The Morgan fingerprint density at radius 3 is 0.959 bits per heavy atom. The van der Waals surface area contributed by atoms with Gasteiger partial charge in [0.25, 0.3) is 0 Å². The van der Waals surface area contributed by atoms with Gasteiger partial charge in [0, 0.05) is 12.8 Å². The van der Waals surface area contributed by atoms with E-state index in [1.54, 1.807) is 0 Å². The fraction of sp³-hybridized carbons (Fsp3) is 0.941. The molecule has 74 heavy (non-hydrogen) atoms. The minimum Gasteiger partial charge on any atom is -0.466 e. The number of amides is 1. The zero-order valence-electron chi connectivity index (χ0n) is 50.4. The van der Waals surface area contributed by atoms with Crippen molar-refractivity contribution in [2.24, 2.45) is 0 Å². The number of allylic oxidation sites excluding steroid dienone is 2. The molecule has 0 aliphatic carbocycles. The van der Waals surface area contributed by atoms with Crippen LogP contribution in [0.1, 0.15) is 386 Å². The second-order valence-electron chi connectivity index (χ2n) is 23.5. The van der Waals surface area contributed by atoms with Gasteiger partial charge in [0.15, 0.2) is 0 Å². The molecule has 2 unspecified atom stereocenters. The van der Waals surface area contributed by atoms with Crippen molar-refractivity contribution < 1.29 is 24.5 Å². The van der Waals surface area contributed by atoms with Crippen molar-refractivity contribution in [1.29, 1.82) is 0 Å².